The molecule has 3 aromatic carbocycles. The second-order valence-electron chi connectivity index (χ2n) is 6.15. The van der Waals surface area contributed by atoms with Crippen molar-refractivity contribution in [3.63, 3.8) is 0 Å². The maximum atomic E-state index is 12.4. The van der Waals surface area contributed by atoms with E-state index in [1.54, 1.807) is 23.1 Å². The van der Waals surface area contributed by atoms with Gasteiger partial charge in [-0.05, 0) is 28.8 Å². The minimum absolute atomic E-state index is 0.230. The van der Waals surface area contributed by atoms with Gasteiger partial charge in [-0.3, -0.25) is 10.1 Å². The summed E-state index contributed by atoms with van der Waals surface area (Å²) in [4.78, 5) is 16.6. The molecule has 1 heterocycles. The van der Waals surface area contributed by atoms with Crippen LogP contribution in [0.15, 0.2) is 91.3 Å². The van der Waals surface area contributed by atoms with Crippen molar-refractivity contribution in [3.05, 3.63) is 102 Å². The molecule has 0 bridgehead atoms. The zero-order valence-electron chi connectivity index (χ0n) is 14.6. The summed E-state index contributed by atoms with van der Waals surface area (Å²) >= 11 is 0. The van der Waals surface area contributed by atoms with E-state index in [0.29, 0.717) is 18.1 Å². The Labute approximate surface area is 157 Å². The molecule has 5 nitrogen and oxygen atoms in total. The first kappa shape index (κ1) is 16.7. The van der Waals surface area contributed by atoms with E-state index < -0.39 is 0 Å². The van der Waals surface area contributed by atoms with Crippen molar-refractivity contribution in [2.75, 3.05) is 5.32 Å². The maximum absolute atomic E-state index is 12.4. The SMILES string of the molecule is O=C(Nc1ncn(Cc2ccccc2)n1)c1ccc(-c2ccccc2)cc1. The molecule has 0 aliphatic carbocycles. The molecule has 0 fully saturated rings. The van der Waals surface area contributed by atoms with E-state index in [1.807, 2.05) is 72.8 Å². The Bertz CT molecular complexity index is 1020. The molecule has 0 unspecified atom stereocenters. The number of nitrogens with one attached hydrogen (secondary N) is 1. The molecular formula is C22H18N4O. The van der Waals surface area contributed by atoms with E-state index >= 15 is 0 Å². The van der Waals surface area contributed by atoms with E-state index in [2.05, 4.69) is 15.4 Å². The topological polar surface area (TPSA) is 59.8 Å². The van der Waals surface area contributed by atoms with Crippen LogP contribution in [0, 0.1) is 0 Å². The van der Waals surface area contributed by atoms with Gasteiger partial charge in [-0.25, -0.2) is 9.67 Å². The predicted molar refractivity (Wildman–Crippen MR) is 105 cm³/mol. The van der Waals surface area contributed by atoms with Crippen LogP contribution in [-0.4, -0.2) is 20.7 Å². The number of carbonyl (C=O) groups excluding carboxylic acids is 1. The lowest BCUT2D eigenvalue weighted by Gasteiger charge is -2.04. The molecule has 1 aromatic heterocycles. The fourth-order valence-corrected chi connectivity index (χ4v) is 2.82. The second-order valence-corrected chi connectivity index (χ2v) is 6.15. The van der Waals surface area contributed by atoms with Crippen LogP contribution in [0.2, 0.25) is 0 Å². The molecule has 1 amide bonds. The Morgan fingerprint density at radius 3 is 2.15 bits per heavy atom. The van der Waals surface area contributed by atoms with Crippen molar-refractivity contribution in [2.45, 2.75) is 6.54 Å². The molecule has 132 valence electrons. The van der Waals surface area contributed by atoms with Crippen LogP contribution in [-0.2, 0) is 6.54 Å². The minimum atomic E-state index is -0.230. The van der Waals surface area contributed by atoms with Gasteiger partial charge in [0, 0.05) is 5.56 Å². The molecule has 0 saturated carbocycles. The van der Waals surface area contributed by atoms with E-state index in [-0.39, 0.29) is 5.91 Å². The lowest BCUT2D eigenvalue weighted by Crippen LogP contribution is -2.13. The van der Waals surface area contributed by atoms with Gasteiger partial charge in [0.2, 0.25) is 5.95 Å². The summed E-state index contributed by atoms with van der Waals surface area (Å²) in [5, 5.41) is 7.05. The highest BCUT2D eigenvalue weighted by Crippen LogP contribution is 2.19. The summed E-state index contributed by atoms with van der Waals surface area (Å²) in [6, 6.07) is 27.5. The second kappa shape index (κ2) is 7.66. The summed E-state index contributed by atoms with van der Waals surface area (Å²) in [6.07, 6.45) is 1.61. The van der Waals surface area contributed by atoms with Crippen LogP contribution in [0.25, 0.3) is 11.1 Å². The van der Waals surface area contributed by atoms with Gasteiger partial charge in [-0.15, -0.1) is 5.10 Å². The number of anilines is 1. The van der Waals surface area contributed by atoms with E-state index in [9.17, 15) is 4.79 Å². The first-order valence-corrected chi connectivity index (χ1v) is 8.68. The average Bonchev–Trinajstić information content (AvgIpc) is 3.16. The molecule has 1 N–H and O–H groups in total. The normalized spacial score (nSPS) is 10.5. The number of amides is 1. The number of aromatic nitrogens is 3. The molecule has 0 spiro atoms. The zero-order chi connectivity index (χ0) is 18.5. The molecule has 27 heavy (non-hydrogen) atoms. The summed E-state index contributed by atoms with van der Waals surface area (Å²) < 4.78 is 1.70. The molecule has 0 atom stereocenters. The van der Waals surface area contributed by atoms with Gasteiger partial charge in [0.1, 0.15) is 6.33 Å². The molecule has 0 radical (unpaired) electrons. The van der Waals surface area contributed by atoms with Crippen molar-refractivity contribution in [1.82, 2.24) is 14.8 Å². The Hall–Kier alpha value is -3.73. The van der Waals surface area contributed by atoms with Gasteiger partial charge in [-0.2, -0.15) is 0 Å². The molecule has 5 heteroatoms. The highest BCUT2D eigenvalue weighted by molar-refractivity contribution is 6.03. The molecule has 4 aromatic rings. The number of benzene rings is 3. The third kappa shape index (κ3) is 4.10. The Morgan fingerprint density at radius 2 is 1.44 bits per heavy atom. The first-order valence-electron chi connectivity index (χ1n) is 8.68. The summed E-state index contributed by atoms with van der Waals surface area (Å²) in [5.74, 6) is 0.0649. The summed E-state index contributed by atoms with van der Waals surface area (Å²) in [5.41, 5.74) is 3.87. The Morgan fingerprint density at radius 1 is 0.815 bits per heavy atom. The third-order valence-corrected chi connectivity index (χ3v) is 4.20. The van der Waals surface area contributed by atoms with Gasteiger partial charge in [-0.1, -0.05) is 72.8 Å². The monoisotopic (exact) mass is 354 g/mol. The smallest absolute Gasteiger partial charge is 0.258 e. The number of hydrogen-bond donors (Lipinski definition) is 1. The lowest BCUT2D eigenvalue weighted by molar-refractivity contribution is 0.102. The van der Waals surface area contributed by atoms with E-state index in [0.717, 1.165) is 16.7 Å². The van der Waals surface area contributed by atoms with Crippen LogP contribution < -0.4 is 5.32 Å². The van der Waals surface area contributed by atoms with Crippen molar-refractivity contribution in [2.24, 2.45) is 0 Å². The first-order chi connectivity index (χ1) is 13.3. The van der Waals surface area contributed by atoms with Crippen molar-refractivity contribution in [3.8, 4) is 11.1 Å². The standard InChI is InChI=1S/C22H18N4O/c27-21(20-13-11-19(12-14-20)18-9-5-2-6-10-18)24-22-23-16-26(25-22)15-17-7-3-1-4-8-17/h1-14,16H,15H2,(H,24,25,27). The maximum Gasteiger partial charge on any atom is 0.258 e. The summed E-state index contributed by atoms with van der Waals surface area (Å²) in [7, 11) is 0. The van der Waals surface area contributed by atoms with Crippen molar-refractivity contribution in [1.29, 1.82) is 0 Å². The van der Waals surface area contributed by atoms with Gasteiger partial charge < -0.3 is 0 Å². The molecule has 0 saturated heterocycles. The van der Waals surface area contributed by atoms with Gasteiger partial charge in [0.25, 0.3) is 5.91 Å². The number of nitrogens with zero attached hydrogens (tertiary/aromatic N) is 3. The Kier molecular flexibility index (Phi) is 4.74. The van der Waals surface area contributed by atoms with Gasteiger partial charge in [0.15, 0.2) is 0 Å². The molecule has 0 aliphatic rings. The van der Waals surface area contributed by atoms with Crippen molar-refractivity contribution < 1.29 is 4.79 Å². The number of hydrogen-bond acceptors (Lipinski definition) is 3. The summed E-state index contributed by atoms with van der Waals surface area (Å²) in [6.45, 7) is 0.607. The van der Waals surface area contributed by atoms with Crippen LogP contribution >= 0.6 is 0 Å². The highest BCUT2D eigenvalue weighted by Gasteiger charge is 2.09. The zero-order valence-corrected chi connectivity index (χ0v) is 14.6. The van der Waals surface area contributed by atoms with Crippen LogP contribution in [0.5, 0.6) is 0 Å². The number of rotatable bonds is 5. The lowest BCUT2D eigenvalue weighted by atomic mass is 10.0. The predicted octanol–water partition coefficient (Wildman–Crippen LogP) is 4.25. The van der Waals surface area contributed by atoms with E-state index in [4.69, 9.17) is 0 Å². The molecule has 4 rings (SSSR count). The Balaban J connectivity index is 1.42. The van der Waals surface area contributed by atoms with Gasteiger partial charge in [0.05, 0.1) is 6.54 Å². The largest absolute Gasteiger partial charge is 0.289 e. The average molecular weight is 354 g/mol. The van der Waals surface area contributed by atoms with E-state index in [1.165, 1.54) is 0 Å². The highest BCUT2D eigenvalue weighted by atomic mass is 16.1. The fraction of sp³-hybridized carbons (Fsp3) is 0.0455. The fourth-order valence-electron chi connectivity index (χ4n) is 2.82. The number of carbonyl (C=O) groups is 1. The molecule has 0 aliphatic heterocycles. The van der Waals surface area contributed by atoms with Crippen LogP contribution in [0.3, 0.4) is 0 Å². The quantitative estimate of drug-likeness (QED) is 0.583. The molecular weight excluding hydrogens is 336 g/mol. The third-order valence-electron chi connectivity index (χ3n) is 4.20. The van der Waals surface area contributed by atoms with Crippen LogP contribution in [0.1, 0.15) is 15.9 Å². The minimum Gasteiger partial charge on any atom is -0.289 e. The van der Waals surface area contributed by atoms with Crippen LogP contribution in [0.4, 0.5) is 5.95 Å². The van der Waals surface area contributed by atoms with Gasteiger partial charge >= 0.3 is 0 Å². The van der Waals surface area contributed by atoms with Crippen molar-refractivity contribution >= 4 is 11.9 Å².